The molecule has 1 rings (SSSR count). The lowest BCUT2D eigenvalue weighted by atomic mass is 10.1. The molecule has 1 saturated heterocycles. The van der Waals surface area contributed by atoms with Gasteiger partial charge in [-0.15, -0.1) is 23.2 Å². The second kappa shape index (κ2) is 11.3. The molecule has 0 bridgehead atoms. The summed E-state index contributed by atoms with van der Waals surface area (Å²) in [6.45, 7) is 10.6. The van der Waals surface area contributed by atoms with E-state index in [4.69, 9.17) is 36.8 Å². The molecule has 0 aromatic carbocycles. The van der Waals surface area contributed by atoms with Crippen LogP contribution in [0, 0.1) is 0 Å². The van der Waals surface area contributed by atoms with E-state index >= 15 is 0 Å². The van der Waals surface area contributed by atoms with Gasteiger partial charge in [0, 0.05) is 19.8 Å². The first kappa shape index (κ1) is 20.7. The average molecular weight is 345 g/mol. The molecule has 1 aliphatic heterocycles. The average Bonchev–Trinajstić information content (AvgIpc) is 2.43. The number of ether oxygens (including phenoxy) is 1. The predicted octanol–water partition coefficient (Wildman–Crippen LogP) is 4.83. The van der Waals surface area contributed by atoms with Gasteiger partial charge in [-0.3, -0.25) is 0 Å². The first-order valence-electron chi connectivity index (χ1n) is 7.65. The minimum absolute atomic E-state index is 0.119. The molecule has 1 fully saturated rings. The second-order valence-electron chi connectivity index (χ2n) is 4.71. The zero-order valence-electron chi connectivity index (χ0n) is 13.3. The van der Waals surface area contributed by atoms with Crippen molar-refractivity contribution in [2.45, 2.75) is 64.6 Å². The van der Waals surface area contributed by atoms with Crippen LogP contribution < -0.4 is 0 Å². The molecular weight excluding hydrogens is 315 g/mol. The Morgan fingerprint density at radius 1 is 0.950 bits per heavy atom. The molecule has 0 amide bonds. The van der Waals surface area contributed by atoms with Gasteiger partial charge in [-0.05, 0) is 39.7 Å². The highest BCUT2D eigenvalue weighted by molar-refractivity contribution is 6.70. The maximum Gasteiger partial charge on any atom is 0.371 e. The van der Waals surface area contributed by atoms with Crippen LogP contribution in [-0.4, -0.2) is 38.9 Å². The Morgan fingerprint density at radius 3 is 1.90 bits per heavy atom. The van der Waals surface area contributed by atoms with E-state index in [-0.39, 0.29) is 10.6 Å². The van der Waals surface area contributed by atoms with Gasteiger partial charge in [-0.25, -0.2) is 0 Å². The van der Waals surface area contributed by atoms with Crippen molar-refractivity contribution in [1.82, 2.24) is 0 Å². The molecule has 0 aromatic heterocycles. The van der Waals surface area contributed by atoms with Crippen LogP contribution in [0.2, 0.25) is 6.04 Å². The molecule has 20 heavy (non-hydrogen) atoms. The molecule has 1 aliphatic rings. The van der Waals surface area contributed by atoms with E-state index in [2.05, 4.69) is 27.7 Å². The highest BCUT2D eigenvalue weighted by Gasteiger charge is 2.58. The first-order valence-corrected chi connectivity index (χ1v) is 10.7. The topological polar surface area (TPSA) is 27.7 Å². The predicted molar refractivity (Wildman–Crippen MR) is 88.9 cm³/mol. The van der Waals surface area contributed by atoms with Crippen LogP contribution in [-0.2, 0) is 13.6 Å². The lowest BCUT2D eigenvalue weighted by molar-refractivity contribution is -0.0426. The molecule has 3 nitrogen and oxygen atoms in total. The van der Waals surface area contributed by atoms with Crippen LogP contribution in [0.15, 0.2) is 0 Å². The third-order valence-corrected chi connectivity index (χ3v) is 8.44. The summed E-state index contributed by atoms with van der Waals surface area (Å²) >= 11 is 9.53. The van der Waals surface area contributed by atoms with Crippen molar-refractivity contribution in [2.75, 3.05) is 25.2 Å². The first-order chi connectivity index (χ1) is 9.61. The summed E-state index contributed by atoms with van der Waals surface area (Å²) in [7, 11) is -2.21. The van der Waals surface area contributed by atoms with Crippen LogP contribution in [0.4, 0.5) is 0 Å². The maximum atomic E-state index is 6.16. The molecule has 122 valence electrons. The van der Waals surface area contributed by atoms with Crippen molar-refractivity contribution in [2.24, 2.45) is 0 Å². The Labute approximate surface area is 135 Å². The molecule has 0 aromatic rings. The van der Waals surface area contributed by atoms with Gasteiger partial charge in [0.05, 0.1) is 5.34 Å². The standard InChI is InChI=1S/C13H28O3Si.CH2Cl2/c1-5-13(14-6-2)11-9-10-12-17(13,15-7-3)16-8-4;2-1-3/h5-12H2,1-4H3;1H2. The monoisotopic (exact) mass is 344 g/mol. The van der Waals surface area contributed by atoms with E-state index in [9.17, 15) is 0 Å². The maximum absolute atomic E-state index is 6.16. The van der Waals surface area contributed by atoms with E-state index in [0.717, 1.165) is 38.7 Å². The molecule has 0 aliphatic carbocycles. The largest absolute Gasteiger partial charge is 0.393 e. The Hall–Kier alpha value is 0.677. The summed E-state index contributed by atoms with van der Waals surface area (Å²) in [5.41, 5.74) is 0. The quantitative estimate of drug-likeness (QED) is 0.488. The third kappa shape index (κ3) is 5.15. The molecule has 6 heteroatoms. The second-order valence-corrected chi connectivity index (χ2v) is 9.01. The smallest absolute Gasteiger partial charge is 0.371 e. The summed E-state index contributed by atoms with van der Waals surface area (Å²) < 4.78 is 18.5. The zero-order chi connectivity index (χ0) is 15.5. The molecular formula is C14H30Cl2O3Si. The van der Waals surface area contributed by atoms with E-state index in [1.165, 1.54) is 12.8 Å². The highest BCUT2D eigenvalue weighted by atomic mass is 35.5. The molecule has 0 spiro atoms. The van der Waals surface area contributed by atoms with Crippen molar-refractivity contribution in [3.63, 3.8) is 0 Å². The molecule has 1 heterocycles. The van der Waals surface area contributed by atoms with Crippen molar-refractivity contribution in [3.05, 3.63) is 0 Å². The van der Waals surface area contributed by atoms with Crippen molar-refractivity contribution >= 4 is 31.8 Å². The highest BCUT2D eigenvalue weighted by Crippen LogP contribution is 2.42. The fourth-order valence-electron chi connectivity index (χ4n) is 3.11. The van der Waals surface area contributed by atoms with Gasteiger partial charge in [0.1, 0.15) is 5.22 Å². The van der Waals surface area contributed by atoms with Crippen molar-refractivity contribution in [1.29, 1.82) is 0 Å². The Bertz CT molecular complexity index is 229. The van der Waals surface area contributed by atoms with E-state index in [1.54, 1.807) is 0 Å². The van der Waals surface area contributed by atoms with Gasteiger partial charge in [-0.2, -0.15) is 0 Å². The summed E-state index contributed by atoms with van der Waals surface area (Å²) in [6, 6.07) is 1.09. The number of alkyl halides is 2. The number of rotatable bonds is 7. The van der Waals surface area contributed by atoms with Gasteiger partial charge < -0.3 is 13.6 Å². The van der Waals surface area contributed by atoms with Crippen LogP contribution in [0.5, 0.6) is 0 Å². The van der Waals surface area contributed by atoms with Gasteiger partial charge in [0.15, 0.2) is 0 Å². The zero-order valence-corrected chi connectivity index (χ0v) is 15.9. The minimum Gasteiger partial charge on any atom is -0.393 e. The van der Waals surface area contributed by atoms with Crippen LogP contribution in [0.3, 0.4) is 0 Å². The molecule has 0 radical (unpaired) electrons. The lowest BCUT2D eigenvalue weighted by Crippen LogP contribution is -2.65. The van der Waals surface area contributed by atoms with E-state index in [1.807, 2.05) is 0 Å². The van der Waals surface area contributed by atoms with E-state index in [0.29, 0.717) is 0 Å². The molecule has 0 saturated carbocycles. The fourth-order valence-corrected chi connectivity index (χ4v) is 7.57. The number of halogens is 2. The lowest BCUT2D eigenvalue weighted by Gasteiger charge is -2.49. The summed E-state index contributed by atoms with van der Waals surface area (Å²) in [5.74, 6) is 0. The minimum atomic E-state index is -2.21. The Kier molecular flexibility index (Phi) is 11.7. The SMILES string of the molecule is CCOC1(CC)CCCC[Si]1(OCC)OCC.ClCCl. The van der Waals surface area contributed by atoms with Crippen molar-refractivity contribution in [3.8, 4) is 0 Å². The Balaban J connectivity index is 0.00000110. The fraction of sp³-hybridized carbons (Fsp3) is 1.00. The van der Waals surface area contributed by atoms with Crippen LogP contribution in [0.1, 0.15) is 53.4 Å². The molecule has 1 atom stereocenters. The molecule has 1 unspecified atom stereocenters. The summed E-state index contributed by atoms with van der Waals surface area (Å²) in [4.78, 5) is 0. The van der Waals surface area contributed by atoms with E-state index < -0.39 is 8.56 Å². The normalized spacial score (nSPS) is 24.9. The summed E-state index contributed by atoms with van der Waals surface area (Å²) in [6.07, 6.45) is 4.57. The Morgan fingerprint density at radius 2 is 1.50 bits per heavy atom. The van der Waals surface area contributed by atoms with Gasteiger partial charge in [0.25, 0.3) is 0 Å². The third-order valence-electron chi connectivity index (χ3n) is 3.78. The van der Waals surface area contributed by atoms with Gasteiger partial charge >= 0.3 is 8.56 Å². The van der Waals surface area contributed by atoms with Crippen molar-refractivity contribution < 1.29 is 13.6 Å². The summed E-state index contributed by atoms with van der Waals surface area (Å²) in [5, 5.41) is 0.0754. The molecule has 0 N–H and O–H groups in total. The van der Waals surface area contributed by atoms with Gasteiger partial charge in [0.2, 0.25) is 0 Å². The van der Waals surface area contributed by atoms with Crippen LogP contribution >= 0.6 is 23.2 Å². The van der Waals surface area contributed by atoms with Gasteiger partial charge in [-0.1, -0.05) is 19.8 Å². The van der Waals surface area contributed by atoms with Crippen LogP contribution in [0.25, 0.3) is 0 Å². The number of hydrogen-bond donors (Lipinski definition) is 0. The number of hydrogen-bond acceptors (Lipinski definition) is 3.